The molecule has 142 valence electrons. The highest BCUT2D eigenvalue weighted by molar-refractivity contribution is 5.86. The van der Waals surface area contributed by atoms with Gasteiger partial charge in [-0.3, -0.25) is 4.79 Å². The summed E-state index contributed by atoms with van der Waals surface area (Å²) in [7, 11) is 0. The van der Waals surface area contributed by atoms with Gasteiger partial charge in [0.1, 0.15) is 0 Å². The summed E-state index contributed by atoms with van der Waals surface area (Å²) in [5.41, 5.74) is -0.219. The third-order valence-electron chi connectivity index (χ3n) is 6.50. The lowest BCUT2D eigenvalue weighted by Gasteiger charge is -2.41. The van der Waals surface area contributed by atoms with E-state index in [-0.39, 0.29) is 23.7 Å². The van der Waals surface area contributed by atoms with Crippen LogP contribution in [0.1, 0.15) is 44.9 Å². The molecule has 1 aromatic rings. The van der Waals surface area contributed by atoms with Crippen LogP contribution in [0.2, 0.25) is 0 Å². The van der Waals surface area contributed by atoms with E-state index in [1.807, 2.05) is 9.80 Å². The van der Waals surface area contributed by atoms with Gasteiger partial charge in [0.15, 0.2) is 11.6 Å². The summed E-state index contributed by atoms with van der Waals surface area (Å²) in [6.07, 6.45) is 5.36. The van der Waals surface area contributed by atoms with Gasteiger partial charge in [0.05, 0.1) is 17.2 Å². The largest absolute Gasteiger partial charge is 0.393 e. The van der Waals surface area contributed by atoms with Gasteiger partial charge in [0.25, 0.3) is 0 Å². The number of rotatable bonds is 2. The lowest BCUT2D eigenvalue weighted by molar-refractivity contribution is -0.139. The number of amides is 1. The Morgan fingerprint density at radius 2 is 1.85 bits per heavy atom. The van der Waals surface area contributed by atoms with E-state index in [9.17, 15) is 18.7 Å². The van der Waals surface area contributed by atoms with Crippen molar-refractivity contribution in [3.8, 4) is 0 Å². The molecule has 26 heavy (non-hydrogen) atoms. The van der Waals surface area contributed by atoms with Crippen LogP contribution in [-0.4, -0.2) is 47.7 Å². The predicted octanol–water partition coefficient (Wildman–Crippen LogP) is 3.09. The summed E-state index contributed by atoms with van der Waals surface area (Å²) in [6.45, 7) is 1.84. The maximum atomic E-state index is 14.2. The van der Waals surface area contributed by atoms with Crippen molar-refractivity contribution in [1.82, 2.24) is 4.90 Å². The van der Waals surface area contributed by atoms with Crippen LogP contribution in [0.5, 0.6) is 0 Å². The van der Waals surface area contributed by atoms with Crippen LogP contribution in [0.4, 0.5) is 14.5 Å². The molecular formula is C20H26F2N2O2. The smallest absolute Gasteiger partial charge is 0.230 e. The van der Waals surface area contributed by atoms with Crippen LogP contribution in [-0.2, 0) is 4.79 Å². The fourth-order valence-corrected chi connectivity index (χ4v) is 5.02. The molecule has 2 aliphatic heterocycles. The van der Waals surface area contributed by atoms with E-state index in [2.05, 4.69) is 0 Å². The van der Waals surface area contributed by atoms with E-state index in [1.54, 1.807) is 6.07 Å². The molecule has 1 N–H and O–H groups in total. The van der Waals surface area contributed by atoms with Crippen LogP contribution < -0.4 is 4.90 Å². The Bertz CT molecular complexity index is 690. The van der Waals surface area contributed by atoms with Crippen molar-refractivity contribution >= 4 is 11.6 Å². The highest BCUT2D eigenvalue weighted by atomic mass is 19.2. The van der Waals surface area contributed by atoms with Crippen LogP contribution in [0.15, 0.2) is 18.2 Å². The van der Waals surface area contributed by atoms with Gasteiger partial charge in [-0.2, -0.15) is 0 Å². The molecule has 2 saturated heterocycles. The maximum absolute atomic E-state index is 14.2. The molecule has 4 rings (SSSR count). The zero-order valence-electron chi connectivity index (χ0n) is 15.0. The number of anilines is 1. The summed E-state index contributed by atoms with van der Waals surface area (Å²) in [4.78, 5) is 17.1. The molecule has 1 amide bonds. The fraction of sp³-hybridized carbons (Fsp3) is 0.650. The first-order chi connectivity index (χ1) is 12.5. The van der Waals surface area contributed by atoms with Gasteiger partial charge in [-0.05, 0) is 57.1 Å². The Kier molecular flexibility index (Phi) is 4.63. The monoisotopic (exact) mass is 364 g/mol. The second-order valence-corrected chi connectivity index (χ2v) is 8.09. The van der Waals surface area contributed by atoms with Crippen LogP contribution in [0, 0.1) is 17.0 Å². The zero-order chi connectivity index (χ0) is 18.3. The second-order valence-electron chi connectivity index (χ2n) is 8.09. The van der Waals surface area contributed by atoms with Gasteiger partial charge < -0.3 is 14.9 Å². The Morgan fingerprint density at radius 1 is 1.08 bits per heavy atom. The SMILES string of the molecule is O=C1N([C@H]2CC[C@@H](O)CC2)CC[C@@]12CCCN(c1cccc(F)c1F)C2. The average molecular weight is 364 g/mol. The summed E-state index contributed by atoms with van der Waals surface area (Å²) >= 11 is 0. The van der Waals surface area contributed by atoms with Crippen LogP contribution in [0.25, 0.3) is 0 Å². The van der Waals surface area contributed by atoms with E-state index in [0.717, 1.165) is 57.6 Å². The zero-order valence-corrected chi connectivity index (χ0v) is 15.0. The first kappa shape index (κ1) is 17.7. The minimum atomic E-state index is -0.845. The lowest BCUT2D eigenvalue weighted by Crippen LogP contribution is -2.50. The lowest BCUT2D eigenvalue weighted by atomic mass is 9.78. The topological polar surface area (TPSA) is 43.8 Å². The number of carbonyl (C=O) groups excluding carboxylic acids is 1. The molecule has 3 fully saturated rings. The van der Waals surface area contributed by atoms with Gasteiger partial charge in [-0.25, -0.2) is 8.78 Å². The highest BCUT2D eigenvalue weighted by Gasteiger charge is 2.50. The summed E-state index contributed by atoms with van der Waals surface area (Å²) in [6, 6.07) is 4.45. The quantitative estimate of drug-likeness (QED) is 0.877. The number of hydrogen-bond donors (Lipinski definition) is 1. The highest BCUT2D eigenvalue weighted by Crippen LogP contribution is 2.43. The Hall–Kier alpha value is -1.69. The van der Waals surface area contributed by atoms with Gasteiger partial charge in [-0.1, -0.05) is 6.07 Å². The third kappa shape index (κ3) is 2.98. The number of hydrogen-bond acceptors (Lipinski definition) is 3. The predicted molar refractivity (Wildman–Crippen MR) is 94.8 cm³/mol. The number of likely N-dealkylation sites (tertiary alicyclic amines) is 1. The number of aliphatic hydroxyl groups is 1. The van der Waals surface area contributed by atoms with E-state index < -0.39 is 17.0 Å². The van der Waals surface area contributed by atoms with Crippen molar-refractivity contribution in [2.45, 2.75) is 57.1 Å². The Labute approximate surface area is 152 Å². The summed E-state index contributed by atoms with van der Waals surface area (Å²) < 4.78 is 27.8. The van der Waals surface area contributed by atoms with E-state index >= 15 is 0 Å². The molecule has 1 aliphatic carbocycles. The molecule has 0 bridgehead atoms. The second kappa shape index (κ2) is 6.80. The van der Waals surface area contributed by atoms with Crippen molar-refractivity contribution in [3.05, 3.63) is 29.8 Å². The first-order valence-electron chi connectivity index (χ1n) is 9.68. The number of halogens is 2. The van der Waals surface area contributed by atoms with Gasteiger partial charge >= 0.3 is 0 Å². The number of benzene rings is 1. The molecule has 1 saturated carbocycles. The van der Waals surface area contributed by atoms with Gasteiger partial charge in [-0.15, -0.1) is 0 Å². The Morgan fingerprint density at radius 3 is 2.62 bits per heavy atom. The molecule has 3 aliphatic rings. The van der Waals surface area contributed by atoms with Crippen LogP contribution >= 0.6 is 0 Å². The molecule has 0 radical (unpaired) electrons. The minimum Gasteiger partial charge on any atom is -0.393 e. The molecule has 1 aromatic carbocycles. The normalized spacial score (nSPS) is 32.5. The molecule has 2 heterocycles. The first-order valence-corrected chi connectivity index (χ1v) is 9.68. The van der Waals surface area contributed by atoms with E-state index in [1.165, 1.54) is 6.07 Å². The van der Waals surface area contributed by atoms with E-state index in [0.29, 0.717) is 13.1 Å². The van der Waals surface area contributed by atoms with Crippen molar-refractivity contribution in [1.29, 1.82) is 0 Å². The van der Waals surface area contributed by atoms with Gasteiger partial charge in [0.2, 0.25) is 5.91 Å². The molecule has 6 heteroatoms. The van der Waals surface area contributed by atoms with Crippen molar-refractivity contribution in [2.24, 2.45) is 5.41 Å². The summed E-state index contributed by atoms with van der Waals surface area (Å²) in [5.74, 6) is -1.50. The fourth-order valence-electron chi connectivity index (χ4n) is 5.02. The molecule has 1 spiro atoms. The van der Waals surface area contributed by atoms with Crippen molar-refractivity contribution in [3.63, 3.8) is 0 Å². The molecule has 4 nitrogen and oxygen atoms in total. The van der Waals surface area contributed by atoms with Crippen molar-refractivity contribution < 1.29 is 18.7 Å². The molecular weight excluding hydrogens is 338 g/mol. The molecule has 1 atom stereocenters. The third-order valence-corrected chi connectivity index (χ3v) is 6.50. The average Bonchev–Trinajstić information content (AvgIpc) is 2.94. The number of carbonyl (C=O) groups is 1. The summed E-state index contributed by atoms with van der Waals surface area (Å²) in [5, 5.41) is 9.71. The standard InChI is InChI=1S/C20H26F2N2O2/c21-16-3-1-4-17(18(16)22)23-11-2-9-20(13-23)10-12-24(19(20)26)14-5-7-15(25)8-6-14/h1,3-4,14-15,25H,2,5-13H2/t14-,15+,20-/m1/s1. The van der Waals surface area contributed by atoms with E-state index in [4.69, 9.17) is 0 Å². The minimum absolute atomic E-state index is 0.167. The molecule has 0 aromatic heterocycles. The van der Waals surface area contributed by atoms with Crippen LogP contribution in [0.3, 0.4) is 0 Å². The van der Waals surface area contributed by atoms with Gasteiger partial charge in [0, 0.05) is 25.7 Å². The number of aliphatic hydroxyl groups excluding tert-OH is 1. The Balaban J connectivity index is 1.52. The van der Waals surface area contributed by atoms with Crippen molar-refractivity contribution in [2.75, 3.05) is 24.5 Å². The maximum Gasteiger partial charge on any atom is 0.230 e. The number of piperidine rings is 1. The number of nitrogens with zero attached hydrogens (tertiary/aromatic N) is 2. The molecule has 0 unspecified atom stereocenters.